The average Bonchev–Trinajstić information content (AvgIpc) is 3.04. The quantitative estimate of drug-likeness (QED) is 0.513. The van der Waals surface area contributed by atoms with Gasteiger partial charge < -0.3 is 4.74 Å². The predicted molar refractivity (Wildman–Crippen MR) is 115 cm³/mol. The molecule has 2 aliphatic rings. The number of nitrogens with zero attached hydrogens (tertiary/aromatic N) is 4. The molecule has 1 aromatic heterocycles. The molecule has 150 valence electrons. The molecule has 28 heavy (non-hydrogen) atoms. The van der Waals surface area contributed by atoms with Gasteiger partial charge in [0.05, 0.1) is 19.3 Å². The summed E-state index contributed by atoms with van der Waals surface area (Å²) in [6, 6.07) is 8.67. The minimum atomic E-state index is 0.637. The standard InChI is InChI=1S/C22H30N4OS/c1-3-14-25-21(18-11-5-7-13-20(18)27-2)23-26(22(25)28)16-24-15-8-10-17-9-4-6-12-19(17)24/h3,5,7,11,13,17,19H,1,4,6,8-10,12,14-16H2,2H3/t17-,19+/m1/s1. The number of methoxy groups -OCH3 is 1. The molecule has 1 saturated heterocycles. The van der Waals surface area contributed by atoms with Crippen molar-refractivity contribution in [3.05, 3.63) is 41.7 Å². The molecule has 2 fully saturated rings. The molecule has 1 aliphatic heterocycles. The van der Waals surface area contributed by atoms with Gasteiger partial charge in [0.2, 0.25) is 0 Å². The van der Waals surface area contributed by atoms with Gasteiger partial charge in [0.15, 0.2) is 10.6 Å². The summed E-state index contributed by atoms with van der Waals surface area (Å²) >= 11 is 5.82. The lowest BCUT2D eigenvalue weighted by Crippen LogP contribution is -2.47. The second kappa shape index (κ2) is 8.62. The minimum absolute atomic E-state index is 0.637. The topological polar surface area (TPSA) is 35.2 Å². The molecule has 6 heteroatoms. The normalized spacial score (nSPS) is 22.6. The van der Waals surface area contributed by atoms with Gasteiger partial charge in [-0.25, -0.2) is 4.68 Å². The van der Waals surface area contributed by atoms with Crippen molar-refractivity contribution in [1.82, 2.24) is 19.2 Å². The van der Waals surface area contributed by atoms with Crippen molar-refractivity contribution in [2.75, 3.05) is 13.7 Å². The van der Waals surface area contributed by atoms with E-state index >= 15 is 0 Å². The molecule has 1 aliphatic carbocycles. The number of fused-ring (bicyclic) bond motifs is 1. The Bertz CT molecular complexity index is 885. The summed E-state index contributed by atoms with van der Waals surface area (Å²) in [5.74, 6) is 2.51. The first-order chi connectivity index (χ1) is 13.7. The Balaban J connectivity index is 1.68. The Morgan fingerprint density at radius 3 is 2.82 bits per heavy atom. The van der Waals surface area contributed by atoms with Crippen LogP contribution in [-0.4, -0.2) is 38.9 Å². The highest BCUT2D eigenvalue weighted by Gasteiger charge is 2.33. The first-order valence-corrected chi connectivity index (χ1v) is 10.8. The van der Waals surface area contributed by atoms with Gasteiger partial charge in [0.25, 0.3) is 0 Å². The van der Waals surface area contributed by atoms with E-state index in [1.54, 1.807) is 7.11 Å². The fourth-order valence-corrected chi connectivity index (χ4v) is 5.19. The number of para-hydroxylation sites is 1. The van der Waals surface area contributed by atoms with E-state index in [2.05, 4.69) is 16.0 Å². The van der Waals surface area contributed by atoms with Crippen LogP contribution in [0.1, 0.15) is 38.5 Å². The molecule has 0 amide bonds. The smallest absolute Gasteiger partial charge is 0.199 e. The predicted octanol–water partition coefficient (Wildman–Crippen LogP) is 4.89. The number of benzene rings is 1. The molecule has 0 unspecified atom stereocenters. The maximum atomic E-state index is 5.82. The summed E-state index contributed by atoms with van der Waals surface area (Å²) in [5.41, 5.74) is 0.964. The van der Waals surface area contributed by atoms with E-state index in [1.165, 1.54) is 38.5 Å². The molecule has 5 nitrogen and oxygen atoms in total. The van der Waals surface area contributed by atoms with Crippen molar-refractivity contribution in [2.45, 2.75) is 57.8 Å². The molecule has 4 rings (SSSR count). The number of allylic oxidation sites excluding steroid dienone is 1. The van der Waals surface area contributed by atoms with Crippen LogP contribution in [0.3, 0.4) is 0 Å². The van der Waals surface area contributed by atoms with E-state index in [0.717, 1.165) is 41.0 Å². The van der Waals surface area contributed by atoms with Crippen molar-refractivity contribution in [3.8, 4) is 17.1 Å². The summed E-state index contributed by atoms with van der Waals surface area (Å²) in [6.45, 7) is 6.45. The van der Waals surface area contributed by atoms with Crippen LogP contribution in [0.5, 0.6) is 5.75 Å². The largest absolute Gasteiger partial charge is 0.496 e. The molecule has 2 aromatic rings. The van der Waals surface area contributed by atoms with Crippen LogP contribution in [0.15, 0.2) is 36.9 Å². The van der Waals surface area contributed by atoms with Gasteiger partial charge in [-0.1, -0.05) is 31.1 Å². The van der Waals surface area contributed by atoms with Crippen molar-refractivity contribution in [1.29, 1.82) is 0 Å². The maximum absolute atomic E-state index is 5.82. The fourth-order valence-electron chi connectivity index (χ4n) is 4.93. The molecular weight excluding hydrogens is 368 g/mol. The van der Waals surface area contributed by atoms with Crippen molar-refractivity contribution >= 4 is 12.2 Å². The van der Waals surface area contributed by atoms with E-state index < -0.39 is 0 Å². The molecule has 2 atom stereocenters. The highest BCUT2D eigenvalue weighted by molar-refractivity contribution is 7.71. The third kappa shape index (κ3) is 3.67. The van der Waals surface area contributed by atoms with E-state index in [9.17, 15) is 0 Å². The molecule has 1 saturated carbocycles. The number of likely N-dealkylation sites (tertiary alicyclic amines) is 1. The van der Waals surface area contributed by atoms with Crippen LogP contribution in [0.2, 0.25) is 0 Å². The van der Waals surface area contributed by atoms with Crippen LogP contribution in [0.4, 0.5) is 0 Å². The van der Waals surface area contributed by atoms with Gasteiger partial charge in [-0.3, -0.25) is 9.47 Å². The number of hydrogen-bond acceptors (Lipinski definition) is 4. The van der Waals surface area contributed by atoms with Crippen molar-refractivity contribution in [2.24, 2.45) is 5.92 Å². The van der Waals surface area contributed by atoms with Gasteiger partial charge in [-0.15, -0.1) is 6.58 Å². The van der Waals surface area contributed by atoms with Crippen LogP contribution in [0.25, 0.3) is 11.4 Å². The Labute approximate surface area is 172 Å². The molecule has 0 spiro atoms. The zero-order chi connectivity index (χ0) is 19.5. The number of piperidine rings is 1. The van der Waals surface area contributed by atoms with E-state index in [1.807, 2.05) is 35.0 Å². The first-order valence-electron chi connectivity index (χ1n) is 10.4. The highest BCUT2D eigenvalue weighted by atomic mass is 32.1. The van der Waals surface area contributed by atoms with Crippen LogP contribution in [-0.2, 0) is 13.2 Å². The van der Waals surface area contributed by atoms with Crippen LogP contribution < -0.4 is 4.74 Å². The monoisotopic (exact) mass is 398 g/mol. The highest BCUT2D eigenvalue weighted by Crippen LogP contribution is 2.36. The minimum Gasteiger partial charge on any atom is -0.496 e. The van der Waals surface area contributed by atoms with Crippen molar-refractivity contribution in [3.63, 3.8) is 0 Å². The summed E-state index contributed by atoms with van der Waals surface area (Å²) in [4.78, 5) is 2.61. The molecule has 0 radical (unpaired) electrons. The number of hydrogen-bond donors (Lipinski definition) is 0. The van der Waals surface area contributed by atoms with Crippen LogP contribution >= 0.6 is 12.2 Å². The van der Waals surface area contributed by atoms with Gasteiger partial charge in [-0.05, 0) is 56.0 Å². The Hall–Kier alpha value is -1.92. The third-order valence-electron chi connectivity index (χ3n) is 6.26. The summed E-state index contributed by atoms with van der Waals surface area (Å²) in [6.07, 6.45) is 9.96. The number of ether oxygens (including phenoxy) is 1. The Morgan fingerprint density at radius 2 is 2.00 bits per heavy atom. The zero-order valence-corrected chi connectivity index (χ0v) is 17.5. The zero-order valence-electron chi connectivity index (χ0n) is 16.7. The van der Waals surface area contributed by atoms with E-state index in [0.29, 0.717) is 12.6 Å². The third-order valence-corrected chi connectivity index (χ3v) is 6.69. The average molecular weight is 399 g/mol. The van der Waals surface area contributed by atoms with E-state index in [4.69, 9.17) is 22.1 Å². The molecule has 0 bridgehead atoms. The lowest BCUT2D eigenvalue weighted by molar-refractivity contribution is 0.0323. The lowest BCUT2D eigenvalue weighted by Gasteiger charge is -2.43. The lowest BCUT2D eigenvalue weighted by atomic mass is 9.78. The molecule has 1 aromatic carbocycles. The second-order valence-corrected chi connectivity index (χ2v) is 8.28. The second-order valence-electron chi connectivity index (χ2n) is 7.91. The Morgan fingerprint density at radius 1 is 1.21 bits per heavy atom. The van der Waals surface area contributed by atoms with E-state index in [-0.39, 0.29) is 0 Å². The first kappa shape index (κ1) is 19.4. The van der Waals surface area contributed by atoms with Crippen LogP contribution in [0, 0.1) is 10.7 Å². The summed E-state index contributed by atoms with van der Waals surface area (Å²) in [7, 11) is 1.69. The van der Waals surface area contributed by atoms with Gasteiger partial charge >= 0.3 is 0 Å². The molecular formula is C22H30N4OS. The molecule has 2 heterocycles. The summed E-state index contributed by atoms with van der Waals surface area (Å²) in [5, 5.41) is 4.94. The SMILES string of the molecule is C=CCn1c(-c2ccccc2OC)nn(CN2CCC[C@H]3CCCC[C@@H]32)c1=S. The van der Waals surface area contributed by atoms with Gasteiger partial charge in [-0.2, -0.15) is 5.10 Å². The van der Waals surface area contributed by atoms with Gasteiger partial charge in [0.1, 0.15) is 5.75 Å². The summed E-state index contributed by atoms with van der Waals surface area (Å²) < 4.78 is 10.4. The van der Waals surface area contributed by atoms with Crippen molar-refractivity contribution < 1.29 is 4.74 Å². The number of aromatic nitrogens is 3. The molecule has 0 N–H and O–H groups in total. The number of rotatable bonds is 6. The van der Waals surface area contributed by atoms with Gasteiger partial charge in [0, 0.05) is 19.1 Å². The Kier molecular flexibility index (Phi) is 5.97. The fraction of sp³-hybridized carbons (Fsp3) is 0.545. The maximum Gasteiger partial charge on any atom is 0.199 e.